The molecule has 88 valence electrons. The summed E-state index contributed by atoms with van der Waals surface area (Å²) < 4.78 is 31.7. The van der Waals surface area contributed by atoms with E-state index in [0.29, 0.717) is 18.5 Å². The number of ether oxygens (including phenoxy) is 1. The van der Waals surface area contributed by atoms with Crippen LogP contribution in [-0.2, 0) is 6.42 Å². The summed E-state index contributed by atoms with van der Waals surface area (Å²) in [5.74, 6) is -0.997. The maximum Gasteiger partial charge on any atom is 0.165 e. The standard InChI is InChI=1S/C12H15F2NO/c1-16-11-5-9(13)8(4-10(11)14)6-12(7-15)2-3-12/h4-5H,2-3,6-7,15H2,1H3. The van der Waals surface area contributed by atoms with Crippen molar-refractivity contribution in [1.82, 2.24) is 0 Å². The van der Waals surface area contributed by atoms with Crippen molar-refractivity contribution in [2.24, 2.45) is 11.1 Å². The van der Waals surface area contributed by atoms with Crippen molar-refractivity contribution in [3.63, 3.8) is 0 Å². The average molecular weight is 227 g/mol. The number of hydrogen-bond acceptors (Lipinski definition) is 2. The van der Waals surface area contributed by atoms with Gasteiger partial charge in [0.2, 0.25) is 0 Å². The van der Waals surface area contributed by atoms with E-state index in [0.717, 1.165) is 18.9 Å². The summed E-state index contributed by atoms with van der Waals surface area (Å²) in [5, 5.41) is 0. The maximum atomic E-state index is 13.6. The highest BCUT2D eigenvalue weighted by Crippen LogP contribution is 2.47. The molecule has 1 fully saturated rings. The van der Waals surface area contributed by atoms with E-state index in [1.165, 1.54) is 13.2 Å². The van der Waals surface area contributed by atoms with Gasteiger partial charge < -0.3 is 10.5 Å². The molecule has 0 bridgehead atoms. The predicted molar refractivity (Wildman–Crippen MR) is 57.3 cm³/mol. The molecule has 1 aliphatic rings. The predicted octanol–water partition coefficient (Wildman–Crippen LogP) is 2.25. The van der Waals surface area contributed by atoms with Gasteiger partial charge in [-0.2, -0.15) is 0 Å². The smallest absolute Gasteiger partial charge is 0.165 e. The van der Waals surface area contributed by atoms with E-state index in [4.69, 9.17) is 10.5 Å². The third kappa shape index (κ3) is 2.02. The van der Waals surface area contributed by atoms with Gasteiger partial charge in [-0.05, 0) is 42.9 Å². The van der Waals surface area contributed by atoms with Gasteiger partial charge in [0.05, 0.1) is 7.11 Å². The Morgan fingerprint density at radius 2 is 2.00 bits per heavy atom. The van der Waals surface area contributed by atoms with Crippen LogP contribution in [0.1, 0.15) is 18.4 Å². The van der Waals surface area contributed by atoms with Crippen LogP contribution in [-0.4, -0.2) is 13.7 Å². The van der Waals surface area contributed by atoms with E-state index in [9.17, 15) is 8.78 Å². The topological polar surface area (TPSA) is 35.2 Å². The van der Waals surface area contributed by atoms with E-state index in [1.807, 2.05) is 0 Å². The lowest BCUT2D eigenvalue weighted by Gasteiger charge is -2.13. The van der Waals surface area contributed by atoms with Crippen molar-refractivity contribution in [2.45, 2.75) is 19.3 Å². The largest absolute Gasteiger partial charge is 0.494 e. The fraction of sp³-hybridized carbons (Fsp3) is 0.500. The molecule has 4 heteroatoms. The second kappa shape index (κ2) is 4.01. The first-order valence-corrected chi connectivity index (χ1v) is 5.32. The molecule has 0 aliphatic heterocycles. The molecular weight excluding hydrogens is 212 g/mol. The Labute approximate surface area is 93.4 Å². The Bertz CT molecular complexity index is 402. The molecular formula is C12H15F2NO. The van der Waals surface area contributed by atoms with Crippen LogP contribution in [0.2, 0.25) is 0 Å². The summed E-state index contributed by atoms with van der Waals surface area (Å²) in [6.45, 7) is 0.528. The highest BCUT2D eigenvalue weighted by atomic mass is 19.1. The van der Waals surface area contributed by atoms with Crippen LogP contribution in [0, 0.1) is 17.0 Å². The fourth-order valence-corrected chi connectivity index (χ4v) is 1.90. The average Bonchev–Trinajstić information content (AvgIpc) is 3.03. The van der Waals surface area contributed by atoms with Crippen LogP contribution < -0.4 is 10.5 Å². The Morgan fingerprint density at radius 1 is 1.31 bits per heavy atom. The zero-order chi connectivity index (χ0) is 11.8. The van der Waals surface area contributed by atoms with Crippen LogP contribution in [0.3, 0.4) is 0 Å². The molecule has 0 atom stereocenters. The third-order valence-corrected chi connectivity index (χ3v) is 3.28. The lowest BCUT2D eigenvalue weighted by molar-refractivity contribution is 0.380. The molecule has 0 amide bonds. The second-order valence-corrected chi connectivity index (χ2v) is 4.46. The van der Waals surface area contributed by atoms with Crippen molar-refractivity contribution in [1.29, 1.82) is 0 Å². The molecule has 2 rings (SSSR count). The SMILES string of the molecule is COc1cc(F)c(CC2(CN)CC2)cc1F. The molecule has 1 saturated carbocycles. The van der Waals surface area contributed by atoms with Crippen LogP contribution >= 0.6 is 0 Å². The minimum atomic E-state index is -0.522. The second-order valence-electron chi connectivity index (χ2n) is 4.46. The van der Waals surface area contributed by atoms with Gasteiger partial charge in [-0.25, -0.2) is 8.78 Å². The van der Waals surface area contributed by atoms with Crippen molar-refractivity contribution in [3.05, 3.63) is 29.3 Å². The van der Waals surface area contributed by atoms with E-state index in [1.54, 1.807) is 0 Å². The normalized spacial score (nSPS) is 17.2. The Hall–Kier alpha value is -1.16. The van der Waals surface area contributed by atoms with Crippen molar-refractivity contribution < 1.29 is 13.5 Å². The maximum absolute atomic E-state index is 13.6. The molecule has 0 spiro atoms. The number of rotatable bonds is 4. The van der Waals surface area contributed by atoms with E-state index in [2.05, 4.69) is 0 Å². The summed E-state index contributed by atoms with van der Waals surface area (Å²) in [4.78, 5) is 0. The summed E-state index contributed by atoms with van der Waals surface area (Å²) >= 11 is 0. The molecule has 0 saturated heterocycles. The van der Waals surface area contributed by atoms with E-state index in [-0.39, 0.29) is 11.2 Å². The van der Waals surface area contributed by atoms with E-state index >= 15 is 0 Å². The first-order chi connectivity index (χ1) is 7.60. The highest BCUT2D eigenvalue weighted by molar-refractivity contribution is 5.32. The monoisotopic (exact) mass is 227 g/mol. The molecule has 16 heavy (non-hydrogen) atoms. The quantitative estimate of drug-likeness (QED) is 0.856. The number of nitrogens with two attached hydrogens (primary N) is 1. The Kier molecular flexibility index (Phi) is 2.84. The van der Waals surface area contributed by atoms with Gasteiger partial charge in [0.1, 0.15) is 5.82 Å². The minimum Gasteiger partial charge on any atom is -0.494 e. The van der Waals surface area contributed by atoms with Gasteiger partial charge in [0, 0.05) is 6.07 Å². The molecule has 0 heterocycles. The zero-order valence-electron chi connectivity index (χ0n) is 9.22. The van der Waals surface area contributed by atoms with Crippen molar-refractivity contribution in [3.8, 4) is 5.75 Å². The van der Waals surface area contributed by atoms with Crippen molar-refractivity contribution >= 4 is 0 Å². The number of benzene rings is 1. The Morgan fingerprint density at radius 3 is 2.50 bits per heavy atom. The highest BCUT2D eigenvalue weighted by Gasteiger charge is 2.41. The fourth-order valence-electron chi connectivity index (χ4n) is 1.90. The number of halogens is 2. The van der Waals surface area contributed by atoms with Crippen LogP contribution in [0.5, 0.6) is 5.75 Å². The van der Waals surface area contributed by atoms with Gasteiger partial charge in [0.15, 0.2) is 11.6 Å². The van der Waals surface area contributed by atoms with Gasteiger partial charge in [0.25, 0.3) is 0 Å². The minimum absolute atomic E-state index is 0.00185. The lowest BCUT2D eigenvalue weighted by Crippen LogP contribution is -2.18. The molecule has 1 aliphatic carbocycles. The first kappa shape index (κ1) is 11.3. The van der Waals surface area contributed by atoms with Gasteiger partial charge in [-0.15, -0.1) is 0 Å². The molecule has 1 aromatic carbocycles. The number of hydrogen-bond donors (Lipinski definition) is 1. The first-order valence-electron chi connectivity index (χ1n) is 5.32. The molecule has 0 unspecified atom stereocenters. The molecule has 0 radical (unpaired) electrons. The van der Waals surface area contributed by atoms with Crippen molar-refractivity contribution in [2.75, 3.05) is 13.7 Å². The summed E-state index contributed by atoms with van der Waals surface area (Å²) in [5.41, 5.74) is 6.01. The summed E-state index contributed by atoms with van der Waals surface area (Å²) in [6.07, 6.45) is 2.50. The van der Waals surface area contributed by atoms with Crippen LogP contribution in [0.15, 0.2) is 12.1 Å². The zero-order valence-corrected chi connectivity index (χ0v) is 9.22. The molecule has 0 aromatic heterocycles. The molecule has 2 nitrogen and oxygen atoms in total. The molecule has 1 aromatic rings. The van der Waals surface area contributed by atoms with Gasteiger partial charge >= 0.3 is 0 Å². The number of methoxy groups -OCH3 is 1. The van der Waals surface area contributed by atoms with Crippen LogP contribution in [0.4, 0.5) is 8.78 Å². The summed E-state index contributed by atoms with van der Waals surface area (Å²) in [7, 11) is 1.32. The lowest BCUT2D eigenvalue weighted by atomic mass is 9.96. The summed E-state index contributed by atoms with van der Waals surface area (Å²) in [6, 6.07) is 2.31. The van der Waals surface area contributed by atoms with Crippen LogP contribution in [0.25, 0.3) is 0 Å². The third-order valence-electron chi connectivity index (χ3n) is 3.28. The van der Waals surface area contributed by atoms with Gasteiger partial charge in [-0.3, -0.25) is 0 Å². The Balaban J connectivity index is 2.25. The van der Waals surface area contributed by atoms with E-state index < -0.39 is 11.6 Å². The van der Waals surface area contributed by atoms with Gasteiger partial charge in [-0.1, -0.05) is 0 Å². The molecule has 2 N–H and O–H groups in total.